The Balaban J connectivity index is 1.61. The Morgan fingerprint density at radius 3 is 2.84 bits per heavy atom. The fourth-order valence-electron chi connectivity index (χ4n) is 4.11. The summed E-state index contributed by atoms with van der Waals surface area (Å²) in [4.78, 5) is 5.27. The third-order valence-corrected chi connectivity index (χ3v) is 5.19. The van der Waals surface area contributed by atoms with Crippen LogP contribution in [0.25, 0.3) is 0 Å². The predicted octanol–water partition coefficient (Wildman–Crippen LogP) is 0.946. The zero-order chi connectivity index (χ0) is 13.1. The Hall–Kier alpha value is -0.160. The smallest absolute Gasteiger partial charge is 0.0556 e. The van der Waals surface area contributed by atoms with Crippen molar-refractivity contribution in [1.82, 2.24) is 9.80 Å². The van der Waals surface area contributed by atoms with Crippen molar-refractivity contribution in [3.63, 3.8) is 0 Å². The van der Waals surface area contributed by atoms with Crippen LogP contribution in [0.15, 0.2) is 0 Å². The first-order chi connectivity index (χ1) is 9.31. The summed E-state index contributed by atoms with van der Waals surface area (Å²) in [5.41, 5.74) is 0.00598. The second-order valence-electron chi connectivity index (χ2n) is 6.73. The third kappa shape index (κ3) is 3.13. The van der Waals surface area contributed by atoms with Crippen LogP contribution in [0.5, 0.6) is 0 Å². The number of fused-ring (bicyclic) bond motifs is 1. The minimum atomic E-state index is 0.00598. The molecule has 0 amide bonds. The topological polar surface area (TPSA) is 35.9 Å². The Kier molecular flexibility index (Phi) is 4.42. The minimum absolute atomic E-state index is 0.00598. The summed E-state index contributed by atoms with van der Waals surface area (Å²) in [6, 6.07) is 0.766. The molecule has 110 valence electrons. The molecule has 3 heterocycles. The van der Waals surface area contributed by atoms with Gasteiger partial charge in [-0.2, -0.15) is 0 Å². The Labute approximate surface area is 116 Å². The lowest BCUT2D eigenvalue weighted by Crippen LogP contribution is -2.47. The first kappa shape index (κ1) is 13.8. The molecular formula is C15H28N2O2. The minimum Gasteiger partial charge on any atom is -0.396 e. The van der Waals surface area contributed by atoms with Gasteiger partial charge >= 0.3 is 0 Å². The molecule has 0 spiro atoms. The van der Waals surface area contributed by atoms with Gasteiger partial charge in [0.2, 0.25) is 0 Å². The van der Waals surface area contributed by atoms with Crippen molar-refractivity contribution in [1.29, 1.82) is 0 Å². The van der Waals surface area contributed by atoms with Gasteiger partial charge in [0.1, 0.15) is 0 Å². The van der Waals surface area contributed by atoms with Gasteiger partial charge in [0, 0.05) is 31.2 Å². The molecule has 19 heavy (non-hydrogen) atoms. The first-order valence-electron chi connectivity index (χ1n) is 7.96. The Morgan fingerprint density at radius 2 is 2.05 bits per heavy atom. The van der Waals surface area contributed by atoms with Crippen LogP contribution in [0.3, 0.4) is 0 Å². The van der Waals surface area contributed by atoms with Crippen molar-refractivity contribution < 1.29 is 9.84 Å². The molecule has 2 atom stereocenters. The zero-order valence-electron chi connectivity index (χ0n) is 12.0. The molecule has 3 fully saturated rings. The quantitative estimate of drug-likeness (QED) is 0.826. The highest BCUT2D eigenvalue weighted by Crippen LogP contribution is 2.31. The van der Waals surface area contributed by atoms with Crippen molar-refractivity contribution in [2.75, 3.05) is 52.5 Å². The maximum Gasteiger partial charge on any atom is 0.0556 e. The number of nitrogens with zero attached hydrogens (tertiary/aromatic N) is 2. The summed E-state index contributed by atoms with van der Waals surface area (Å²) in [6.45, 7) is 7.87. The highest BCUT2D eigenvalue weighted by atomic mass is 16.5. The summed E-state index contributed by atoms with van der Waals surface area (Å²) in [7, 11) is 0. The molecule has 0 aromatic heterocycles. The van der Waals surface area contributed by atoms with Crippen molar-refractivity contribution in [3.8, 4) is 0 Å². The standard InChI is InChI=1S/C15H28N2O2/c18-12-15(5-2-9-19-13-15)11-16-6-3-8-17-7-1-4-14(17)10-16/h14,18H,1-13H2. The maximum absolute atomic E-state index is 9.81. The van der Waals surface area contributed by atoms with E-state index >= 15 is 0 Å². The van der Waals surface area contributed by atoms with Crippen molar-refractivity contribution >= 4 is 0 Å². The average Bonchev–Trinajstić information content (AvgIpc) is 2.79. The highest BCUT2D eigenvalue weighted by Gasteiger charge is 2.36. The molecule has 3 rings (SSSR count). The van der Waals surface area contributed by atoms with Crippen molar-refractivity contribution in [2.45, 2.75) is 38.1 Å². The van der Waals surface area contributed by atoms with Gasteiger partial charge in [-0.25, -0.2) is 0 Å². The van der Waals surface area contributed by atoms with Crippen LogP contribution in [0.2, 0.25) is 0 Å². The zero-order valence-corrected chi connectivity index (χ0v) is 12.0. The summed E-state index contributed by atoms with van der Waals surface area (Å²) in [6.07, 6.45) is 6.23. The lowest BCUT2D eigenvalue weighted by atomic mass is 9.82. The van der Waals surface area contributed by atoms with E-state index in [0.717, 1.165) is 38.6 Å². The predicted molar refractivity (Wildman–Crippen MR) is 75.2 cm³/mol. The van der Waals surface area contributed by atoms with E-state index in [1.807, 2.05) is 0 Å². The summed E-state index contributed by atoms with van der Waals surface area (Å²) in [5, 5.41) is 9.81. The second-order valence-corrected chi connectivity index (χ2v) is 6.73. The van der Waals surface area contributed by atoms with E-state index in [9.17, 15) is 5.11 Å². The number of aliphatic hydroxyl groups is 1. The first-order valence-corrected chi connectivity index (χ1v) is 7.96. The number of hydrogen-bond donors (Lipinski definition) is 1. The maximum atomic E-state index is 9.81. The molecule has 1 N–H and O–H groups in total. The van der Waals surface area contributed by atoms with E-state index in [-0.39, 0.29) is 12.0 Å². The van der Waals surface area contributed by atoms with E-state index in [0.29, 0.717) is 0 Å². The number of aliphatic hydroxyl groups excluding tert-OH is 1. The van der Waals surface area contributed by atoms with Gasteiger partial charge in [-0.1, -0.05) is 0 Å². The summed E-state index contributed by atoms with van der Waals surface area (Å²) < 4.78 is 5.64. The average molecular weight is 268 g/mol. The monoisotopic (exact) mass is 268 g/mol. The number of hydrogen-bond acceptors (Lipinski definition) is 4. The SMILES string of the molecule is OCC1(CN2CCCN3CCCC3C2)CCCOC1. The van der Waals surface area contributed by atoms with Gasteiger partial charge in [0.25, 0.3) is 0 Å². The van der Waals surface area contributed by atoms with Crippen LogP contribution in [0.1, 0.15) is 32.1 Å². The van der Waals surface area contributed by atoms with Gasteiger partial charge < -0.3 is 14.7 Å². The van der Waals surface area contributed by atoms with E-state index in [2.05, 4.69) is 9.80 Å². The van der Waals surface area contributed by atoms with Crippen molar-refractivity contribution in [3.05, 3.63) is 0 Å². The molecule has 0 aromatic carbocycles. The molecule has 3 aliphatic heterocycles. The van der Waals surface area contributed by atoms with Crippen LogP contribution >= 0.6 is 0 Å². The highest BCUT2D eigenvalue weighted by molar-refractivity contribution is 4.90. The fourth-order valence-corrected chi connectivity index (χ4v) is 4.11. The molecule has 2 unspecified atom stereocenters. The molecule has 0 bridgehead atoms. The van der Waals surface area contributed by atoms with Crippen LogP contribution in [0, 0.1) is 5.41 Å². The molecule has 0 saturated carbocycles. The van der Waals surface area contributed by atoms with E-state index in [1.165, 1.54) is 45.4 Å². The summed E-state index contributed by atoms with van der Waals surface area (Å²) >= 11 is 0. The fraction of sp³-hybridized carbons (Fsp3) is 1.00. The molecule has 3 saturated heterocycles. The Bertz CT molecular complexity index is 292. The van der Waals surface area contributed by atoms with Crippen molar-refractivity contribution in [2.24, 2.45) is 5.41 Å². The normalized spacial score (nSPS) is 38.1. The molecule has 0 aromatic rings. The van der Waals surface area contributed by atoms with E-state index < -0.39 is 0 Å². The molecular weight excluding hydrogens is 240 g/mol. The van der Waals surface area contributed by atoms with Gasteiger partial charge in [0.05, 0.1) is 13.2 Å². The van der Waals surface area contributed by atoms with Crippen LogP contribution in [0.4, 0.5) is 0 Å². The van der Waals surface area contributed by atoms with Gasteiger partial charge in [-0.3, -0.25) is 4.90 Å². The van der Waals surface area contributed by atoms with Crippen LogP contribution < -0.4 is 0 Å². The van der Waals surface area contributed by atoms with Crippen LogP contribution in [-0.2, 0) is 4.74 Å². The van der Waals surface area contributed by atoms with E-state index in [1.54, 1.807) is 0 Å². The largest absolute Gasteiger partial charge is 0.396 e. The number of rotatable bonds is 3. The lowest BCUT2D eigenvalue weighted by molar-refractivity contribution is -0.0557. The molecule has 4 nitrogen and oxygen atoms in total. The van der Waals surface area contributed by atoms with Gasteiger partial charge in [-0.05, 0) is 51.7 Å². The van der Waals surface area contributed by atoms with Crippen LogP contribution in [-0.4, -0.2) is 73.5 Å². The van der Waals surface area contributed by atoms with Gasteiger partial charge in [0.15, 0.2) is 0 Å². The molecule has 3 aliphatic rings. The van der Waals surface area contributed by atoms with Gasteiger partial charge in [-0.15, -0.1) is 0 Å². The van der Waals surface area contributed by atoms with E-state index in [4.69, 9.17) is 4.74 Å². The lowest BCUT2D eigenvalue weighted by Gasteiger charge is -2.40. The Morgan fingerprint density at radius 1 is 1.16 bits per heavy atom. The number of ether oxygens (including phenoxy) is 1. The molecule has 4 heteroatoms. The second kappa shape index (κ2) is 6.08. The molecule has 0 aliphatic carbocycles. The third-order valence-electron chi connectivity index (χ3n) is 5.19. The summed E-state index contributed by atoms with van der Waals surface area (Å²) in [5.74, 6) is 0. The molecule has 0 radical (unpaired) electrons.